The molecule has 35 heavy (non-hydrogen) atoms. The smallest absolute Gasteiger partial charge is 0.295 e. The van der Waals surface area contributed by atoms with Gasteiger partial charge in [0.2, 0.25) is 0 Å². The summed E-state index contributed by atoms with van der Waals surface area (Å²) in [5.74, 6) is -0.920. The number of hydrogen-bond acceptors (Lipinski definition) is 5. The molecule has 1 N–H and O–H groups in total. The third-order valence-corrected chi connectivity index (χ3v) is 6.25. The maximum atomic E-state index is 13.0. The summed E-state index contributed by atoms with van der Waals surface area (Å²) in [5, 5.41) is 11.2. The Morgan fingerprint density at radius 2 is 1.63 bits per heavy atom. The molecule has 3 aromatic carbocycles. The predicted molar refractivity (Wildman–Crippen MR) is 134 cm³/mol. The number of aryl methyl sites for hydroxylation is 2. The Bertz CT molecular complexity index is 1240. The zero-order valence-electron chi connectivity index (χ0n) is 20.2. The summed E-state index contributed by atoms with van der Waals surface area (Å²) in [4.78, 5) is 27.4. The molecule has 1 aliphatic rings. The number of carbonyl (C=O) groups excluding carboxylic acids is 2. The molecule has 0 aliphatic carbocycles. The van der Waals surface area contributed by atoms with Crippen LogP contribution < -0.4 is 4.74 Å². The largest absolute Gasteiger partial charge is 0.507 e. The second kappa shape index (κ2) is 10.6. The first-order valence-electron chi connectivity index (χ1n) is 11.5. The number of hydrogen-bond donors (Lipinski definition) is 1. The maximum Gasteiger partial charge on any atom is 0.295 e. The van der Waals surface area contributed by atoms with Crippen LogP contribution in [0.15, 0.2) is 78.4 Å². The third-order valence-electron chi connectivity index (χ3n) is 6.25. The molecule has 1 amide bonds. The fourth-order valence-electron chi connectivity index (χ4n) is 4.19. The molecule has 3 aromatic rings. The zero-order valence-corrected chi connectivity index (χ0v) is 20.2. The first-order chi connectivity index (χ1) is 16.9. The standard InChI is InChI=1S/C29H29NO5/c1-19-8-10-21(11-9-19)26-25(28(32)29(33)30(26)16-17-34-3)27(31)22-12-14-24(15-13-22)35-18-23-7-5-4-6-20(23)2/h4-15,26,31H,16-18H2,1-3H3. The Balaban J connectivity index is 1.64. The number of ketones is 1. The van der Waals surface area contributed by atoms with Crippen molar-refractivity contribution in [1.82, 2.24) is 4.90 Å². The van der Waals surface area contributed by atoms with Gasteiger partial charge in [0.05, 0.1) is 18.2 Å². The molecule has 0 aromatic heterocycles. The van der Waals surface area contributed by atoms with E-state index in [1.165, 1.54) is 4.90 Å². The van der Waals surface area contributed by atoms with Gasteiger partial charge in [-0.05, 0) is 54.8 Å². The van der Waals surface area contributed by atoms with E-state index in [1.54, 1.807) is 31.4 Å². The first kappa shape index (κ1) is 24.2. The van der Waals surface area contributed by atoms with Crippen LogP contribution in [0.25, 0.3) is 5.76 Å². The fraction of sp³-hybridized carbons (Fsp3) is 0.241. The van der Waals surface area contributed by atoms with Gasteiger partial charge in [-0.25, -0.2) is 0 Å². The molecule has 1 atom stereocenters. The lowest BCUT2D eigenvalue weighted by Crippen LogP contribution is -2.32. The van der Waals surface area contributed by atoms with Crippen LogP contribution in [0.1, 0.15) is 33.9 Å². The van der Waals surface area contributed by atoms with Gasteiger partial charge in [-0.2, -0.15) is 0 Å². The topological polar surface area (TPSA) is 76.1 Å². The molecule has 0 radical (unpaired) electrons. The van der Waals surface area contributed by atoms with E-state index < -0.39 is 17.7 Å². The summed E-state index contributed by atoms with van der Waals surface area (Å²) >= 11 is 0. The van der Waals surface area contributed by atoms with E-state index in [0.717, 1.165) is 22.3 Å². The Morgan fingerprint density at radius 3 is 2.29 bits per heavy atom. The van der Waals surface area contributed by atoms with Crippen LogP contribution in [0, 0.1) is 13.8 Å². The lowest BCUT2D eigenvalue weighted by Gasteiger charge is -2.25. The van der Waals surface area contributed by atoms with Crippen molar-refractivity contribution in [1.29, 1.82) is 0 Å². The highest BCUT2D eigenvalue weighted by Gasteiger charge is 2.45. The van der Waals surface area contributed by atoms with Gasteiger partial charge in [0.25, 0.3) is 11.7 Å². The molecule has 6 heteroatoms. The number of aliphatic hydroxyl groups excluding tert-OH is 1. The normalized spacial score (nSPS) is 17.1. The molecule has 0 spiro atoms. The number of carbonyl (C=O) groups is 2. The van der Waals surface area contributed by atoms with Gasteiger partial charge in [0, 0.05) is 19.2 Å². The van der Waals surface area contributed by atoms with Gasteiger partial charge in [0.1, 0.15) is 18.1 Å². The molecular formula is C29H29NO5. The number of aliphatic hydroxyl groups is 1. The second-order valence-corrected chi connectivity index (χ2v) is 8.64. The summed E-state index contributed by atoms with van der Waals surface area (Å²) in [6, 6.07) is 21.8. The van der Waals surface area contributed by atoms with Gasteiger partial charge in [-0.15, -0.1) is 0 Å². The number of methoxy groups -OCH3 is 1. The van der Waals surface area contributed by atoms with E-state index in [0.29, 0.717) is 17.9 Å². The summed E-state index contributed by atoms with van der Waals surface area (Å²) in [5.41, 5.74) is 4.57. The van der Waals surface area contributed by atoms with Crippen molar-refractivity contribution in [3.63, 3.8) is 0 Å². The van der Waals surface area contributed by atoms with Crippen LogP contribution >= 0.6 is 0 Å². The third kappa shape index (κ3) is 5.12. The molecule has 180 valence electrons. The Labute approximate surface area is 205 Å². The summed E-state index contributed by atoms with van der Waals surface area (Å²) in [6.07, 6.45) is 0. The van der Waals surface area contributed by atoms with Crippen molar-refractivity contribution < 1.29 is 24.2 Å². The lowest BCUT2D eigenvalue weighted by molar-refractivity contribution is -0.140. The van der Waals surface area contributed by atoms with Crippen molar-refractivity contribution >= 4 is 17.4 Å². The summed E-state index contributed by atoms with van der Waals surface area (Å²) < 4.78 is 11.0. The molecule has 1 heterocycles. The lowest BCUT2D eigenvalue weighted by atomic mass is 9.94. The van der Waals surface area contributed by atoms with Gasteiger partial charge in [-0.1, -0.05) is 54.1 Å². The fourth-order valence-corrected chi connectivity index (χ4v) is 4.19. The monoisotopic (exact) mass is 471 g/mol. The molecule has 1 saturated heterocycles. The molecular weight excluding hydrogens is 442 g/mol. The molecule has 1 unspecified atom stereocenters. The average Bonchev–Trinajstić information content (AvgIpc) is 3.12. The van der Waals surface area contributed by atoms with Crippen LogP contribution in [-0.2, 0) is 20.9 Å². The molecule has 0 bridgehead atoms. The van der Waals surface area contributed by atoms with Crippen molar-refractivity contribution in [3.8, 4) is 5.75 Å². The average molecular weight is 472 g/mol. The predicted octanol–water partition coefficient (Wildman–Crippen LogP) is 4.95. The molecule has 0 saturated carbocycles. The second-order valence-electron chi connectivity index (χ2n) is 8.64. The van der Waals surface area contributed by atoms with Gasteiger partial charge < -0.3 is 19.5 Å². The van der Waals surface area contributed by atoms with Gasteiger partial charge in [0.15, 0.2) is 0 Å². The van der Waals surface area contributed by atoms with Crippen LogP contribution in [0.2, 0.25) is 0 Å². The highest BCUT2D eigenvalue weighted by molar-refractivity contribution is 6.46. The van der Waals surface area contributed by atoms with Crippen LogP contribution in [0.5, 0.6) is 5.75 Å². The number of likely N-dealkylation sites (tertiary alicyclic amines) is 1. The van der Waals surface area contributed by atoms with Crippen molar-refractivity contribution in [2.24, 2.45) is 0 Å². The number of benzene rings is 3. The summed E-state index contributed by atoms with van der Waals surface area (Å²) in [7, 11) is 1.54. The van der Waals surface area contributed by atoms with E-state index in [-0.39, 0.29) is 24.5 Å². The Morgan fingerprint density at radius 1 is 0.943 bits per heavy atom. The highest BCUT2D eigenvalue weighted by atomic mass is 16.5. The minimum absolute atomic E-state index is 0.0727. The van der Waals surface area contributed by atoms with Crippen molar-refractivity contribution in [3.05, 3.63) is 106 Å². The maximum absolute atomic E-state index is 13.0. The minimum Gasteiger partial charge on any atom is -0.507 e. The first-order valence-corrected chi connectivity index (χ1v) is 11.5. The van der Waals surface area contributed by atoms with Crippen LogP contribution in [-0.4, -0.2) is 42.0 Å². The van der Waals surface area contributed by atoms with E-state index in [1.807, 2.05) is 62.4 Å². The molecule has 1 fully saturated rings. The van der Waals surface area contributed by atoms with Crippen LogP contribution in [0.3, 0.4) is 0 Å². The summed E-state index contributed by atoms with van der Waals surface area (Å²) in [6.45, 7) is 4.95. The zero-order chi connectivity index (χ0) is 24.9. The van der Waals surface area contributed by atoms with Gasteiger partial charge >= 0.3 is 0 Å². The number of amides is 1. The van der Waals surface area contributed by atoms with Gasteiger partial charge in [-0.3, -0.25) is 9.59 Å². The SMILES string of the molecule is COCCN1C(=O)C(=O)C(=C(O)c2ccc(OCc3ccccc3C)cc2)C1c1ccc(C)cc1. The minimum atomic E-state index is -0.705. The highest BCUT2D eigenvalue weighted by Crippen LogP contribution is 2.39. The molecule has 4 rings (SSSR count). The van der Waals surface area contributed by atoms with E-state index in [9.17, 15) is 14.7 Å². The van der Waals surface area contributed by atoms with E-state index in [4.69, 9.17) is 9.47 Å². The molecule has 1 aliphatic heterocycles. The number of ether oxygens (including phenoxy) is 2. The van der Waals surface area contributed by atoms with E-state index in [2.05, 4.69) is 0 Å². The number of nitrogens with zero attached hydrogens (tertiary/aromatic N) is 1. The Kier molecular flexibility index (Phi) is 7.32. The quantitative estimate of drug-likeness (QED) is 0.286. The van der Waals surface area contributed by atoms with E-state index >= 15 is 0 Å². The van der Waals surface area contributed by atoms with Crippen molar-refractivity contribution in [2.75, 3.05) is 20.3 Å². The Hall–Kier alpha value is -3.90. The van der Waals surface area contributed by atoms with Crippen LogP contribution in [0.4, 0.5) is 0 Å². The van der Waals surface area contributed by atoms with Crippen molar-refractivity contribution in [2.45, 2.75) is 26.5 Å². The number of Topliss-reactive ketones (excluding diaryl/α,β-unsaturated/α-hetero) is 1. The number of rotatable bonds is 8. The molecule has 6 nitrogen and oxygen atoms in total.